The molecular formula is C19H28N4. The summed E-state index contributed by atoms with van der Waals surface area (Å²) in [6.45, 7) is 6.43. The Kier molecular flexibility index (Phi) is 5.70. The van der Waals surface area contributed by atoms with Crippen LogP contribution < -0.4 is 5.32 Å². The van der Waals surface area contributed by atoms with Crippen molar-refractivity contribution in [3.63, 3.8) is 0 Å². The van der Waals surface area contributed by atoms with Gasteiger partial charge in [0, 0.05) is 46.3 Å². The minimum absolute atomic E-state index is 0.885. The highest BCUT2D eigenvalue weighted by molar-refractivity contribution is 5.80. The molecule has 1 aliphatic carbocycles. The van der Waals surface area contributed by atoms with E-state index in [1.165, 1.54) is 18.4 Å². The zero-order valence-corrected chi connectivity index (χ0v) is 14.1. The summed E-state index contributed by atoms with van der Waals surface area (Å²) < 4.78 is 0. The number of benzene rings is 1. The van der Waals surface area contributed by atoms with E-state index in [0.29, 0.717) is 0 Å². The Morgan fingerprint density at radius 1 is 1.17 bits per heavy atom. The highest BCUT2D eigenvalue weighted by Gasteiger charge is 2.23. The van der Waals surface area contributed by atoms with E-state index in [4.69, 9.17) is 0 Å². The number of rotatable bonds is 5. The molecule has 4 heteroatoms. The van der Waals surface area contributed by atoms with Crippen molar-refractivity contribution in [1.82, 2.24) is 15.1 Å². The average Bonchev–Trinajstić information content (AvgIpc) is 3.42. The van der Waals surface area contributed by atoms with E-state index in [1.807, 2.05) is 7.05 Å². The molecule has 0 radical (unpaired) electrons. The van der Waals surface area contributed by atoms with Crippen LogP contribution in [0, 0.1) is 5.92 Å². The fourth-order valence-electron chi connectivity index (χ4n) is 2.93. The maximum atomic E-state index is 4.44. The van der Waals surface area contributed by atoms with E-state index in [-0.39, 0.29) is 0 Å². The molecule has 1 aromatic rings. The Morgan fingerprint density at radius 2 is 1.91 bits per heavy atom. The third-order valence-electron chi connectivity index (χ3n) is 4.60. The molecule has 1 aliphatic heterocycles. The molecule has 1 aromatic carbocycles. The maximum Gasteiger partial charge on any atom is 0.193 e. The summed E-state index contributed by atoms with van der Waals surface area (Å²) in [5.74, 6) is 1.97. The maximum absolute atomic E-state index is 4.44. The van der Waals surface area contributed by atoms with E-state index in [0.717, 1.165) is 51.1 Å². The summed E-state index contributed by atoms with van der Waals surface area (Å²) in [7, 11) is 1.89. The van der Waals surface area contributed by atoms with E-state index >= 15 is 0 Å². The summed E-state index contributed by atoms with van der Waals surface area (Å²) in [4.78, 5) is 9.33. The fraction of sp³-hybridized carbons (Fsp3) is 0.526. The monoisotopic (exact) mass is 312 g/mol. The van der Waals surface area contributed by atoms with Crippen LogP contribution in [0.25, 0.3) is 6.08 Å². The van der Waals surface area contributed by atoms with E-state index < -0.39 is 0 Å². The first-order valence-electron chi connectivity index (χ1n) is 8.74. The summed E-state index contributed by atoms with van der Waals surface area (Å²) >= 11 is 0. The lowest BCUT2D eigenvalue weighted by atomic mass is 10.2. The van der Waals surface area contributed by atoms with Gasteiger partial charge in [0.15, 0.2) is 5.96 Å². The Balaban J connectivity index is 1.40. The molecule has 23 heavy (non-hydrogen) atoms. The number of nitrogens with zero attached hydrogens (tertiary/aromatic N) is 3. The van der Waals surface area contributed by atoms with Gasteiger partial charge in [0.05, 0.1) is 0 Å². The zero-order chi connectivity index (χ0) is 15.9. The van der Waals surface area contributed by atoms with Crippen LogP contribution in [0.4, 0.5) is 0 Å². The molecule has 0 amide bonds. The number of hydrogen-bond acceptors (Lipinski definition) is 2. The van der Waals surface area contributed by atoms with Crippen LogP contribution in [-0.2, 0) is 0 Å². The molecular weight excluding hydrogens is 284 g/mol. The Bertz CT molecular complexity index is 526. The van der Waals surface area contributed by atoms with Gasteiger partial charge in [-0.15, -0.1) is 0 Å². The van der Waals surface area contributed by atoms with Crippen LogP contribution in [0.5, 0.6) is 0 Å². The summed E-state index contributed by atoms with van der Waals surface area (Å²) in [6.07, 6.45) is 7.24. The van der Waals surface area contributed by atoms with E-state index in [2.05, 4.69) is 62.6 Å². The van der Waals surface area contributed by atoms with Gasteiger partial charge in [-0.25, -0.2) is 0 Å². The fourth-order valence-corrected chi connectivity index (χ4v) is 2.93. The highest BCUT2D eigenvalue weighted by Crippen LogP contribution is 2.27. The summed E-state index contributed by atoms with van der Waals surface area (Å²) in [5, 5.41) is 3.52. The topological polar surface area (TPSA) is 30.9 Å². The van der Waals surface area contributed by atoms with Crippen molar-refractivity contribution < 1.29 is 0 Å². The summed E-state index contributed by atoms with van der Waals surface area (Å²) in [6, 6.07) is 10.5. The molecule has 4 nitrogen and oxygen atoms in total. The molecule has 1 heterocycles. The predicted molar refractivity (Wildman–Crippen MR) is 97.6 cm³/mol. The molecule has 2 fully saturated rings. The average molecular weight is 312 g/mol. The van der Waals surface area contributed by atoms with Gasteiger partial charge in [-0.2, -0.15) is 0 Å². The minimum atomic E-state index is 0.885. The van der Waals surface area contributed by atoms with Crippen molar-refractivity contribution in [1.29, 1.82) is 0 Å². The normalized spacial score (nSPS) is 20.2. The second-order valence-electron chi connectivity index (χ2n) is 6.47. The van der Waals surface area contributed by atoms with Gasteiger partial charge < -0.3 is 10.2 Å². The quantitative estimate of drug-likeness (QED) is 0.668. The van der Waals surface area contributed by atoms with Crippen LogP contribution in [-0.4, -0.2) is 62.1 Å². The Labute approximate surface area is 139 Å². The number of aliphatic imine (C=N–C) groups is 1. The molecule has 1 saturated carbocycles. The molecule has 3 rings (SSSR count). The smallest absolute Gasteiger partial charge is 0.193 e. The first-order valence-corrected chi connectivity index (χ1v) is 8.74. The predicted octanol–water partition coefficient (Wildman–Crippen LogP) is 2.30. The second kappa shape index (κ2) is 8.16. The number of hydrogen-bond donors (Lipinski definition) is 1. The molecule has 1 N–H and O–H groups in total. The van der Waals surface area contributed by atoms with Crippen molar-refractivity contribution in [3.05, 3.63) is 42.0 Å². The van der Waals surface area contributed by atoms with Crippen molar-refractivity contribution in [2.24, 2.45) is 10.9 Å². The van der Waals surface area contributed by atoms with Crippen molar-refractivity contribution in [3.8, 4) is 0 Å². The molecule has 0 atom stereocenters. The molecule has 0 spiro atoms. The molecule has 124 valence electrons. The number of nitrogens with one attached hydrogen (secondary N) is 1. The zero-order valence-electron chi connectivity index (χ0n) is 14.1. The molecule has 0 bridgehead atoms. The Morgan fingerprint density at radius 3 is 2.57 bits per heavy atom. The van der Waals surface area contributed by atoms with Gasteiger partial charge in [-0.3, -0.25) is 9.89 Å². The van der Waals surface area contributed by atoms with Gasteiger partial charge in [0.25, 0.3) is 0 Å². The lowest BCUT2D eigenvalue weighted by Crippen LogP contribution is -2.52. The SMILES string of the molecule is CN=C(NCC1CC1)N1CCN(C/C=C/c2ccccc2)CC1. The third kappa shape index (κ3) is 5.10. The van der Waals surface area contributed by atoms with Crippen LogP contribution in [0.1, 0.15) is 18.4 Å². The van der Waals surface area contributed by atoms with Crippen LogP contribution in [0.2, 0.25) is 0 Å². The van der Waals surface area contributed by atoms with Crippen LogP contribution in [0.3, 0.4) is 0 Å². The molecule has 1 saturated heterocycles. The van der Waals surface area contributed by atoms with Gasteiger partial charge in [0.1, 0.15) is 0 Å². The van der Waals surface area contributed by atoms with Crippen molar-refractivity contribution in [2.45, 2.75) is 12.8 Å². The van der Waals surface area contributed by atoms with Gasteiger partial charge in [-0.1, -0.05) is 42.5 Å². The number of piperazine rings is 1. The first kappa shape index (κ1) is 16.1. The molecule has 0 aromatic heterocycles. The van der Waals surface area contributed by atoms with Gasteiger partial charge >= 0.3 is 0 Å². The highest BCUT2D eigenvalue weighted by atomic mass is 15.3. The Hall–Kier alpha value is -1.81. The van der Waals surface area contributed by atoms with Gasteiger partial charge in [-0.05, 0) is 24.3 Å². The molecule has 2 aliphatic rings. The molecule has 0 unspecified atom stereocenters. The van der Waals surface area contributed by atoms with E-state index in [1.54, 1.807) is 0 Å². The largest absolute Gasteiger partial charge is 0.356 e. The lowest BCUT2D eigenvalue weighted by Gasteiger charge is -2.36. The summed E-state index contributed by atoms with van der Waals surface area (Å²) in [5.41, 5.74) is 1.27. The minimum Gasteiger partial charge on any atom is -0.356 e. The van der Waals surface area contributed by atoms with Gasteiger partial charge in [0.2, 0.25) is 0 Å². The van der Waals surface area contributed by atoms with Crippen LogP contribution in [0.15, 0.2) is 41.4 Å². The second-order valence-corrected chi connectivity index (χ2v) is 6.47. The van der Waals surface area contributed by atoms with Crippen molar-refractivity contribution >= 4 is 12.0 Å². The lowest BCUT2D eigenvalue weighted by molar-refractivity contribution is 0.194. The number of guanidine groups is 1. The standard InChI is InChI=1S/C19H28N4/c1-20-19(21-16-18-9-10-18)23-14-12-22(13-15-23)11-5-8-17-6-3-2-4-7-17/h2-8,18H,9-16H2,1H3,(H,20,21)/b8-5+. The van der Waals surface area contributed by atoms with Crippen molar-refractivity contribution in [2.75, 3.05) is 46.3 Å². The van der Waals surface area contributed by atoms with E-state index in [9.17, 15) is 0 Å². The first-order chi connectivity index (χ1) is 11.3. The third-order valence-corrected chi connectivity index (χ3v) is 4.60. The van der Waals surface area contributed by atoms with Crippen LogP contribution >= 0.6 is 0 Å².